The molecule has 2 rings (SSSR count). The van der Waals surface area contributed by atoms with E-state index in [9.17, 15) is 31.5 Å². The van der Waals surface area contributed by atoms with Crippen LogP contribution in [0.15, 0.2) is 39.8 Å². The molecular formula is C16H13BrF3NO4S. The van der Waals surface area contributed by atoms with Crippen molar-refractivity contribution < 1.29 is 31.5 Å². The third kappa shape index (κ3) is 4.42. The number of carbonyl (C=O) groups is 1. The molecule has 0 radical (unpaired) electrons. The van der Waals surface area contributed by atoms with Gasteiger partial charge in [-0.2, -0.15) is 13.2 Å². The number of benzene rings is 1. The fourth-order valence-electron chi connectivity index (χ4n) is 2.20. The van der Waals surface area contributed by atoms with Crippen LogP contribution in [0.3, 0.4) is 0 Å². The third-order valence-electron chi connectivity index (χ3n) is 3.57. The summed E-state index contributed by atoms with van der Waals surface area (Å²) >= 11 is 3.11. The second kappa shape index (κ2) is 7.36. The minimum atomic E-state index is -4.66. The van der Waals surface area contributed by atoms with E-state index in [2.05, 4.69) is 20.9 Å². The zero-order chi connectivity index (χ0) is 19.7. The standard InChI is InChI=1S/C16H13BrF3NO4S/c1-2-26(24,25)15-6-10(17)8-21-12(15)7-14(23)11-4-3-9(5-13(11)22)16(18,19)20/h3-6,8,22H,2,7H2,1H3. The van der Waals surface area contributed by atoms with Gasteiger partial charge in [0.1, 0.15) is 5.75 Å². The van der Waals surface area contributed by atoms with Crippen molar-refractivity contribution in [1.29, 1.82) is 0 Å². The van der Waals surface area contributed by atoms with Crippen LogP contribution in [0.1, 0.15) is 28.5 Å². The molecule has 0 amide bonds. The second-order valence-corrected chi connectivity index (χ2v) is 8.49. The molecule has 10 heteroatoms. The van der Waals surface area contributed by atoms with Gasteiger partial charge in [0.25, 0.3) is 0 Å². The Labute approximate surface area is 155 Å². The Morgan fingerprint density at radius 3 is 2.46 bits per heavy atom. The van der Waals surface area contributed by atoms with Crippen LogP contribution < -0.4 is 0 Å². The molecule has 0 saturated heterocycles. The summed E-state index contributed by atoms with van der Waals surface area (Å²) in [5.41, 5.74) is -1.48. The number of nitrogens with zero attached hydrogens (tertiary/aromatic N) is 1. The molecule has 0 aliphatic carbocycles. The number of pyridine rings is 1. The first-order chi connectivity index (χ1) is 12.0. The Balaban J connectivity index is 2.40. The van der Waals surface area contributed by atoms with Crippen molar-refractivity contribution in [2.24, 2.45) is 0 Å². The largest absolute Gasteiger partial charge is 0.507 e. The maximum Gasteiger partial charge on any atom is 0.416 e. The zero-order valence-corrected chi connectivity index (χ0v) is 15.7. The molecule has 1 aromatic carbocycles. The van der Waals surface area contributed by atoms with Crippen LogP contribution in [-0.2, 0) is 22.4 Å². The van der Waals surface area contributed by atoms with Gasteiger partial charge < -0.3 is 5.11 Å². The summed E-state index contributed by atoms with van der Waals surface area (Å²) in [6, 6.07) is 3.28. The van der Waals surface area contributed by atoms with Crippen molar-refractivity contribution in [3.05, 3.63) is 51.8 Å². The normalized spacial score (nSPS) is 12.2. The molecule has 0 fully saturated rings. The summed E-state index contributed by atoms with van der Waals surface area (Å²) in [5.74, 6) is -1.79. The number of halogens is 4. The van der Waals surface area contributed by atoms with E-state index in [1.165, 1.54) is 19.2 Å². The Bertz CT molecular complexity index is 958. The van der Waals surface area contributed by atoms with E-state index in [1.807, 2.05) is 0 Å². The van der Waals surface area contributed by atoms with E-state index in [0.29, 0.717) is 16.6 Å². The first kappa shape index (κ1) is 20.4. The van der Waals surface area contributed by atoms with Crippen molar-refractivity contribution in [2.75, 3.05) is 5.75 Å². The second-order valence-electron chi connectivity index (χ2n) is 5.33. The van der Waals surface area contributed by atoms with Crippen molar-refractivity contribution in [3.8, 4) is 5.75 Å². The summed E-state index contributed by atoms with van der Waals surface area (Å²) in [7, 11) is -3.67. The average molecular weight is 452 g/mol. The van der Waals surface area contributed by atoms with E-state index >= 15 is 0 Å². The van der Waals surface area contributed by atoms with Gasteiger partial charge >= 0.3 is 6.18 Å². The molecule has 0 bridgehead atoms. The lowest BCUT2D eigenvalue weighted by molar-refractivity contribution is -0.137. The number of aromatic hydroxyl groups is 1. The molecular weight excluding hydrogens is 439 g/mol. The van der Waals surface area contributed by atoms with Crippen LogP contribution in [0, 0.1) is 0 Å². The zero-order valence-electron chi connectivity index (χ0n) is 13.3. The highest BCUT2D eigenvalue weighted by molar-refractivity contribution is 9.10. The predicted molar refractivity (Wildman–Crippen MR) is 90.8 cm³/mol. The van der Waals surface area contributed by atoms with Gasteiger partial charge in [0, 0.05) is 10.7 Å². The summed E-state index contributed by atoms with van der Waals surface area (Å²) in [4.78, 5) is 16.2. The number of sulfone groups is 1. The van der Waals surface area contributed by atoms with Gasteiger partial charge in [-0.1, -0.05) is 6.92 Å². The minimum absolute atomic E-state index is 0.0423. The number of rotatable bonds is 5. The molecule has 140 valence electrons. The highest BCUT2D eigenvalue weighted by atomic mass is 79.9. The fraction of sp³-hybridized carbons (Fsp3) is 0.250. The van der Waals surface area contributed by atoms with Gasteiger partial charge in [-0.25, -0.2) is 8.42 Å². The monoisotopic (exact) mass is 451 g/mol. The topological polar surface area (TPSA) is 84.3 Å². The molecule has 2 aromatic rings. The van der Waals surface area contributed by atoms with E-state index in [0.717, 1.165) is 6.07 Å². The third-order valence-corrected chi connectivity index (χ3v) is 5.78. The Kier molecular flexibility index (Phi) is 5.76. The minimum Gasteiger partial charge on any atom is -0.507 e. The van der Waals surface area contributed by atoms with Crippen LogP contribution in [-0.4, -0.2) is 30.0 Å². The molecule has 0 unspecified atom stereocenters. The molecule has 1 heterocycles. The Morgan fingerprint density at radius 1 is 1.27 bits per heavy atom. The lowest BCUT2D eigenvalue weighted by atomic mass is 10.0. The molecule has 0 aliphatic rings. The predicted octanol–water partition coefficient (Wildman–Crippen LogP) is 3.79. The number of ketones is 1. The van der Waals surface area contributed by atoms with Gasteiger partial charge in [0.15, 0.2) is 15.6 Å². The van der Waals surface area contributed by atoms with E-state index in [1.54, 1.807) is 0 Å². The number of Topliss-reactive ketones (excluding diaryl/α,β-unsaturated/α-hetero) is 1. The smallest absolute Gasteiger partial charge is 0.416 e. The van der Waals surface area contributed by atoms with Crippen LogP contribution in [0.25, 0.3) is 0 Å². The number of aromatic nitrogens is 1. The first-order valence-electron chi connectivity index (χ1n) is 7.26. The van der Waals surface area contributed by atoms with Crippen LogP contribution in [0.2, 0.25) is 0 Å². The number of phenolic OH excluding ortho intramolecular Hbond substituents is 1. The van der Waals surface area contributed by atoms with Gasteiger partial charge in [0.05, 0.1) is 33.9 Å². The maximum absolute atomic E-state index is 12.6. The molecule has 0 atom stereocenters. The SMILES string of the molecule is CCS(=O)(=O)c1cc(Br)cnc1CC(=O)c1ccc(C(F)(F)F)cc1O. The number of hydrogen-bond acceptors (Lipinski definition) is 5. The van der Waals surface area contributed by atoms with Crippen LogP contribution in [0.5, 0.6) is 5.75 Å². The summed E-state index contributed by atoms with van der Waals surface area (Å²) < 4.78 is 62.6. The van der Waals surface area contributed by atoms with Crippen LogP contribution in [0.4, 0.5) is 13.2 Å². The molecule has 1 aromatic heterocycles. The average Bonchev–Trinajstić information content (AvgIpc) is 2.55. The first-order valence-corrected chi connectivity index (χ1v) is 9.71. The lowest BCUT2D eigenvalue weighted by Crippen LogP contribution is -2.13. The molecule has 0 saturated carbocycles. The summed E-state index contributed by atoms with van der Waals surface area (Å²) in [5, 5.41) is 9.76. The van der Waals surface area contributed by atoms with E-state index in [-0.39, 0.29) is 21.9 Å². The highest BCUT2D eigenvalue weighted by Crippen LogP contribution is 2.33. The Hall–Kier alpha value is -1.94. The van der Waals surface area contributed by atoms with E-state index < -0.39 is 39.5 Å². The number of hydrogen-bond donors (Lipinski definition) is 1. The van der Waals surface area contributed by atoms with Gasteiger partial charge in [0.2, 0.25) is 0 Å². The van der Waals surface area contributed by atoms with Crippen molar-refractivity contribution in [2.45, 2.75) is 24.4 Å². The molecule has 5 nitrogen and oxygen atoms in total. The number of phenols is 1. The van der Waals surface area contributed by atoms with Gasteiger partial charge in [-0.3, -0.25) is 9.78 Å². The quantitative estimate of drug-likeness (QED) is 0.699. The summed E-state index contributed by atoms with van der Waals surface area (Å²) in [6.07, 6.45) is -3.83. The number of alkyl halides is 3. The number of carbonyl (C=O) groups excluding carboxylic acids is 1. The lowest BCUT2D eigenvalue weighted by Gasteiger charge is -2.11. The van der Waals surface area contributed by atoms with Gasteiger partial charge in [-0.05, 0) is 40.2 Å². The van der Waals surface area contributed by atoms with Crippen molar-refractivity contribution in [3.63, 3.8) is 0 Å². The fourth-order valence-corrected chi connectivity index (χ4v) is 3.78. The van der Waals surface area contributed by atoms with Gasteiger partial charge in [-0.15, -0.1) is 0 Å². The van der Waals surface area contributed by atoms with Crippen molar-refractivity contribution >= 4 is 31.6 Å². The summed E-state index contributed by atoms with van der Waals surface area (Å²) in [6.45, 7) is 1.43. The molecule has 0 spiro atoms. The van der Waals surface area contributed by atoms with E-state index in [4.69, 9.17) is 0 Å². The van der Waals surface area contributed by atoms with Crippen molar-refractivity contribution in [1.82, 2.24) is 4.98 Å². The van der Waals surface area contributed by atoms with Crippen LogP contribution >= 0.6 is 15.9 Å². The Morgan fingerprint density at radius 2 is 1.92 bits per heavy atom. The molecule has 1 N–H and O–H groups in total. The molecule has 26 heavy (non-hydrogen) atoms. The maximum atomic E-state index is 12.6. The highest BCUT2D eigenvalue weighted by Gasteiger charge is 2.31. The molecule has 0 aliphatic heterocycles.